The van der Waals surface area contributed by atoms with Gasteiger partial charge >= 0.3 is 0 Å². The van der Waals surface area contributed by atoms with Crippen molar-refractivity contribution in [3.63, 3.8) is 0 Å². The van der Waals surface area contributed by atoms with Crippen LogP contribution in [0, 0.1) is 5.92 Å². The first-order valence-electron chi connectivity index (χ1n) is 10.3. The summed E-state index contributed by atoms with van der Waals surface area (Å²) in [6, 6.07) is 4.32. The van der Waals surface area contributed by atoms with Gasteiger partial charge in [0.15, 0.2) is 0 Å². The van der Waals surface area contributed by atoms with Crippen molar-refractivity contribution in [2.75, 3.05) is 13.1 Å². The number of nitrogens with one attached hydrogen (secondary N) is 3. The molecule has 1 saturated carbocycles. The summed E-state index contributed by atoms with van der Waals surface area (Å²) in [5.41, 5.74) is 1.65. The van der Waals surface area contributed by atoms with Gasteiger partial charge in [0, 0.05) is 25.0 Å². The molecule has 4 aliphatic rings. The summed E-state index contributed by atoms with van der Waals surface area (Å²) >= 11 is 0. The lowest BCUT2D eigenvalue weighted by molar-refractivity contribution is -0.136. The van der Waals surface area contributed by atoms with E-state index in [0.717, 1.165) is 35.9 Å². The van der Waals surface area contributed by atoms with Crippen LogP contribution in [0.15, 0.2) is 18.2 Å². The maximum atomic E-state index is 13.1. The highest BCUT2D eigenvalue weighted by Crippen LogP contribution is 2.44. The first-order chi connectivity index (χ1) is 14.0. The van der Waals surface area contributed by atoms with E-state index in [-0.39, 0.29) is 24.3 Å². The largest absolute Gasteiger partial charge is 0.311 e. The molecule has 2 saturated heterocycles. The second-order valence-electron chi connectivity index (χ2n) is 8.50. The van der Waals surface area contributed by atoms with Gasteiger partial charge in [0.2, 0.25) is 11.8 Å². The minimum atomic E-state index is -0.932. The fourth-order valence-corrected chi connectivity index (χ4v) is 5.29. The second-order valence-corrected chi connectivity index (χ2v) is 8.50. The Kier molecular flexibility index (Phi) is 4.29. The molecule has 3 aliphatic heterocycles. The second kappa shape index (κ2) is 6.74. The summed E-state index contributed by atoms with van der Waals surface area (Å²) in [5.74, 6) is -1.14. The van der Waals surface area contributed by atoms with E-state index in [2.05, 4.69) is 16.0 Å². The Bertz CT molecular complexity index is 929. The van der Waals surface area contributed by atoms with Crippen molar-refractivity contribution in [1.82, 2.24) is 20.9 Å². The number of rotatable bonds is 5. The molecular weight excluding hydrogens is 372 g/mol. The van der Waals surface area contributed by atoms with Crippen LogP contribution >= 0.6 is 0 Å². The normalized spacial score (nSPS) is 30.8. The van der Waals surface area contributed by atoms with Gasteiger partial charge in [0.05, 0.1) is 11.1 Å². The lowest BCUT2D eigenvalue weighted by atomic mass is 9.68. The first kappa shape index (κ1) is 18.4. The van der Waals surface area contributed by atoms with Crippen molar-refractivity contribution in [2.45, 2.75) is 50.2 Å². The van der Waals surface area contributed by atoms with E-state index < -0.39 is 23.8 Å². The van der Waals surface area contributed by atoms with E-state index in [1.807, 2.05) is 6.07 Å². The Morgan fingerprint density at radius 2 is 1.97 bits per heavy atom. The topological polar surface area (TPSA) is 108 Å². The Morgan fingerprint density at radius 1 is 1.10 bits per heavy atom. The summed E-state index contributed by atoms with van der Waals surface area (Å²) in [7, 11) is 0. The van der Waals surface area contributed by atoms with E-state index in [4.69, 9.17) is 0 Å². The first-order valence-corrected chi connectivity index (χ1v) is 10.3. The summed E-state index contributed by atoms with van der Waals surface area (Å²) in [4.78, 5) is 50.6. The molecule has 8 nitrogen and oxygen atoms in total. The van der Waals surface area contributed by atoms with Crippen LogP contribution in [0.2, 0.25) is 0 Å². The molecule has 152 valence electrons. The standard InChI is InChI=1S/C21H24N4O4/c26-16-5-4-15(18(27)24-16)25-19(28)14-3-1-2-12(17(14)20(25)29)10-22-11-21-8-6-13(21)7-9-23-21/h1-3,13,15,22-23H,4-11H2,(H,24,26,27). The predicted octanol–water partition coefficient (Wildman–Crippen LogP) is 0.320. The van der Waals surface area contributed by atoms with Crippen molar-refractivity contribution in [3.05, 3.63) is 34.9 Å². The highest BCUT2D eigenvalue weighted by Gasteiger charge is 2.49. The smallest absolute Gasteiger partial charge is 0.262 e. The molecule has 3 N–H and O–H groups in total. The number of carbonyl (C=O) groups excluding carboxylic acids is 4. The van der Waals surface area contributed by atoms with Gasteiger partial charge in [-0.25, -0.2) is 0 Å². The minimum absolute atomic E-state index is 0.120. The van der Waals surface area contributed by atoms with Crippen LogP contribution in [0.4, 0.5) is 0 Å². The summed E-state index contributed by atoms with van der Waals surface area (Å²) < 4.78 is 0. The van der Waals surface area contributed by atoms with Crippen LogP contribution in [-0.2, 0) is 16.1 Å². The van der Waals surface area contributed by atoms with Gasteiger partial charge in [0.25, 0.3) is 11.8 Å². The third-order valence-corrected chi connectivity index (χ3v) is 7.00. The molecule has 3 unspecified atom stereocenters. The van der Waals surface area contributed by atoms with Crippen molar-refractivity contribution in [1.29, 1.82) is 0 Å². The number of piperidine rings is 1. The molecule has 1 aromatic rings. The molecule has 0 bridgehead atoms. The Labute approximate surface area is 168 Å². The number of amides is 4. The predicted molar refractivity (Wildman–Crippen MR) is 103 cm³/mol. The number of hydrogen-bond donors (Lipinski definition) is 3. The lowest BCUT2D eigenvalue weighted by Crippen LogP contribution is -2.58. The average molecular weight is 396 g/mol. The zero-order chi connectivity index (χ0) is 20.2. The maximum absolute atomic E-state index is 13.1. The quantitative estimate of drug-likeness (QED) is 0.619. The van der Waals surface area contributed by atoms with E-state index in [9.17, 15) is 19.2 Å². The van der Waals surface area contributed by atoms with Crippen molar-refractivity contribution in [2.24, 2.45) is 5.92 Å². The van der Waals surface area contributed by atoms with Gasteiger partial charge in [-0.3, -0.25) is 29.4 Å². The van der Waals surface area contributed by atoms with Crippen molar-refractivity contribution in [3.8, 4) is 0 Å². The molecule has 1 aliphatic carbocycles. The molecule has 0 spiro atoms. The molecule has 0 radical (unpaired) electrons. The summed E-state index contributed by atoms with van der Waals surface area (Å²) in [6.45, 7) is 2.38. The number of hydrogen-bond acceptors (Lipinski definition) is 6. The van der Waals surface area contributed by atoms with Crippen LogP contribution in [0.25, 0.3) is 0 Å². The molecule has 29 heavy (non-hydrogen) atoms. The monoisotopic (exact) mass is 396 g/mol. The zero-order valence-corrected chi connectivity index (χ0v) is 16.1. The molecule has 3 heterocycles. The summed E-state index contributed by atoms with van der Waals surface area (Å²) in [6.07, 6.45) is 3.94. The Morgan fingerprint density at radius 3 is 2.69 bits per heavy atom. The molecule has 3 atom stereocenters. The Hall–Kier alpha value is -2.58. The lowest BCUT2D eigenvalue weighted by Gasteiger charge is -2.45. The fourth-order valence-electron chi connectivity index (χ4n) is 5.29. The fraction of sp³-hybridized carbons (Fsp3) is 0.524. The summed E-state index contributed by atoms with van der Waals surface area (Å²) in [5, 5.41) is 9.32. The van der Waals surface area contributed by atoms with Gasteiger partial charge in [-0.2, -0.15) is 0 Å². The number of fused-ring (bicyclic) bond motifs is 2. The Balaban J connectivity index is 1.33. The third-order valence-electron chi connectivity index (χ3n) is 7.00. The van der Waals surface area contributed by atoms with Crippen LogP contribution in [0.3, 0.4) is 0 Å². The number of carbonyl (C=O) groups is 4. The van der Waals surface area contributed by atoms with Crippen molar-refractivity contribution >= 4 is 23.6 Å². The van der Waals surface area contributed by atoms with Crippen LogP contribution < -0.4 is 16.0 Å². The van der Waals surface area contributed by atoms with E-state index in [1.165, 1.54) is 12.8 Å². The zero-order valence-electron chi connectivity index (χ0n) is 16.1. The molecule has 1 aromatic carbocycles. The molecule has 4 amide bonds. The number of imide groups is 2. The SMILES string of the molecule is O=C1CCC(N2C(=O)c3cccc(CNCC45CCC4CCN5)c3C2=O)C(=O)N1. The minimum Gasteiger partial charge on any atom is -0.311 e. The van der Waals surface area contributed by atoms with E-state index >= 15 is 0 Å². The molecule has 8 heteroatoms. The van der Waals surface area contributed by atoms with Crippen LogP contribution in [-0.4, -0.2) is 53.2 Å². The van der Waals surface area contributed by atoms with Crippen molar-refractivity contribution < 1.29 is 19.2 Å². The number of benzene rings is 1. The molecular formula is C21H24N4O4. The van der Waals surface area contributed by atoms with Gasteiger partial charge < -0.3 is 10.6 Å². The average Bonchev–Trinajstić information content (AvgIpc) is 3.11. The highest BCUT2D eigenvalue weighted by atomic mass is 16.2. The van der Waals surface area contributed by atoms with Gasteiger partial charge in [-0.05, 0) is 49.8 Å². The van der Waals surface area contributed by atoms with Crippen LogP contribution in [0.5, 0.6) is 0 Å². The maximum Gasteiger partial charge on any atom is 0.262 e. The van der Waals surface area contributed by atoms with E-state index in [1.54, 1.807) is 12.1 Å². The molecule has 5 rings (SSSR count). The molecule has 0 aromatic heterocycles. The number of nitrogens with zero attached hydrogens (tertiary/aromatic N) is 1. The van der Waals surface area contributed by atoms with Gasteiger partial charge in [0.1, 0.15) is 6.04 Å². The van der Waals surface area contributed by atoms with E-state index in [0.29, 0.717) is 17.7 Å². The highest BCUT2D eigenvalue weighted by molar-refractivity contribution is 6.24. The van der Waals surface area contributed by atoms with Crippen LogP contribution in [0.1, 0.15) is 58.4 Å². The third kappa shape index (κ3) is 2.81. The van der Waals surface area contributed by atoms with Gasteiger partial charge in [-0.1, -0.05) is 12.1 Å². The molecule has 3 fully saturated rings. The van der Waals surface area contributed by atoms with Gasteiger partial charge in [-0.15, -0.1) is 0 Å².